The van der Waals surface area contributed by atoms with Crippen molar-refractivity contribution in [3.8, 4) is 5.75 Å². The number of rotatable bonds is 3. The monoisotopic (exact) mass is 266 g/mol. The molecule has 2 aromatic carbocycles. The van der Waals surface area contributed by atoms with Gasteiger partial charge in [-0.2, -0.15) is 0 Å². The molecule has 0 aliphatic carbocycles. The second-order valence-corrected chi connectivity index (χ2v) is 4.50. The Bertz CT molecular complexity index is 790. The lowest BCUT2D eigenvalue weighted by Crippen LogP contribution is -2.07. The van der Waals surface area contributed by atoms with Gasteiger partial charge in [0.25, 0.3) is 0 Å². The number of aromatic amines is 1. The van der Waals surface area contributed by atoms with Gasteiger partial charge in [-0.1, -0.05) is 24.3 Å². The van der Waals surface area contributed by atoms with Gasteiger partial charge in [0.1, 0.15) is 5.75 Å². The van der Waals surface area contributed by atoms with Gasteiger partial charge < -0.3 is 15.5 Å². The van der Waals surface area contributed by atoms with Crippen molar-refractivity contribution in [2.75, 3.05) is 12.8 Å². The van der Waals surface area contributed by atoms with Crippen molar-refractivity contribution in [2.45, 2.75) is 0 Å². The van der Waals surface area contributed by atoms with Gasteiger partial charge in [0.2, 0.25) is 5.78 Å². The van der Waals surface area contributed by atoms with Crippen molar-refractivity contribution in [3.05, 3.63) is 59.8 Å². The van der Waals surface area contributed by atoms with Crippen LogP contribution in [0.15, 0.2) is 48.7 Å². The van der Waals surface area contributed by atoms with Gasteiger partial charge in [-0.25, -0.2) is 0 Å². The summed E-state index contributed by atoms with van der Waals surface area (Å²) in [6, 6.07) is 12.9. The van der Waals surface area contributed by atoms with Crippen LogP contribution in [0, 0.1) is 0 Å². The highest BCUT2D eigenvalue weighted by atomic mass is 16.5. The van der Waals surface area contributed by atoms with E-state index >= 15 is 0 Å². The third-order valence-corrected chi connectivity index (χ3v) is 3.34. The van der Waals surface area contributed by atoms with E-state index in [4.69, 9.17) is 10.5 Å². The number of para-hydroxylation sites is 1. The molecule has 3 aromatic rings. The Balaban J connectivity index is 2.19. The summed E-state index contributed by atoms with van der Waals surface area (Å²) in [5.41, 5.74) is 8.27. The van der Waals surface area contributed by atoms with Crippen LogP contribution in [-0.2, 0) is 0 Å². The molecule has 20 heavy (non-hydrogen) atoms. The van der Waals surface area contributed by atoms with Gasteiger partial charge in [-0.05, 0) is 18.2 Å². The van der Waals surface area contributed by atoms with E-state index < -0.39 is 0 Å². The molecule has 3 N–H and O–H groups in total. The normalized spacial score (nSPS) is 10.7. The molecule has 3 rings (SSSR count). The van der Waals surface area contributed by atoms with E-state index in [0.717, 1.165) is 10.9 Å². The lowest BCUT2D eigenvalue weighted by molar-refractivity contribution is 0.103. The third-order valence-electron chi connectivity index (χ3n) is 3.34. The van der Waals surface area contributed by atoms with Crippen LogP contribution in [0.5, 0.6) is 5.75 Å². The van der Waals surface area contributed by atoms with Crippen molar-refractivity contribution in [2.24, 2.45) is 0 Å². The summed E-state index contributed by atoms with van der Waals surface area (Å²) in [5.74, 6) is 0.345. The lowest BCUT2D eigenvalue weighted by Gasteiger charge is -2.09. The summed E-state index contributed by atoms with van der Waals surface area (Å²) in [5, 5.41) is 0.878. The van der Waals surface area contributed by atoms with E-state index in [1.807, 2.05) is 24.3 Å². The minimum atomic E-state index is -0.141. The number of methoxy groups -OCH3 is 1. The molecular weight excluding hydrogens is 252 g/mol. The van der Waals surface area contributed by atoms with Crippen LogP contribution in [0.25, 0.3) is 10.9 Å². The molecule has 1 aromatic heterocycles. The van der Waals surface area contributed by atoms with Gasteiger partial charge in [0.15, 0.2) is 0 Å². The number of carbonyl (C=O) groups excluding carboxylic acids is 1. The standard InChI is InChI=1S/C16H14N2O2/c1-20-14-8-4-6-12(17)15(14)16(19)11-9-18-13-7-3-2-5-10(11)13/h2-9,18H,17H2,1H3. The summed E-state index contributed by atoms with van der Waals surface area (Å²) in [6.45, 7) is 0. The number of benzene rings is 2. The van der Waals surface area contributed by atoms with Crippen LogP contribution in [0.4, 0.5) is 5.69 Å². The zero-order chi connectivity index (χ0) is 14.1. The fraction of sp³-hybridized carbons (Fsp3) is 0.0625. The van der Waals surface area contributed by atoms with E-state index in [9.17, 15) is 4.79 Å². The van der Waals surface area contributed by atoms with Crippen LogP contribution in [-0.4, -0.2) is 17.9 Å². The quantitative estimate of drug-likeness (QED) is 0.565. The molecule has 0 saturated carbocycles. The molecule has 0 fully saturated rings. The van der Waals surface area contributed by atoms with Gasteiger partial charge in [0.05, 0.1) is 12.7 Å². The molecule has 100 valence electrons. The second-order valence-electron chi connectivity index (χ2n) is 4.50. The van der Waals surface area contributed by atoms with E-state index in [-0.39, 0.29) is 5.78 Å². The Kier molecular flexibility index (Phi) is 2.91. The van der Waals surface area contributed by atoms with E-state index in [0.29, 0.717) is 22.6 Å². The van der Waals surface area contributed by atoms with Crippen LogP contribution in [0.2, 0.25) is 0 Å². The van der Waals surface area contributed by atoms with E-state index in [1.54, 1.807) is 24.4 Å². The van der Waals surface area contributed by atoms with Crippen molar-refractivity contribution in [1.82, 2.24) is 4.98 Å². The summed E-state index contributed by atoms with van der Waals surface area (Å²) in [6.07, 6.45) is 1.71. The molecule has 4 nitrogen and oxygen atoms in total. The maximum absolute atomic E-state index is 12.7. The highest BCUT2D eigenvalue weighted by molar-refractivity contribution is 6.19. The number of ketones is 1. The van der Waals surface area contributed by atoms with Crippen LogP contribution < -0.4 is 10.5 Å². The molecule has 0 saturated heterocycles. The lowest BCUT2D eigenvalue weighted by atomic mass is 10.0. The number of anilines is 1. The average Bonchev–Trinajstić information content (AvgIpc) is 2.90. The maximum atomic E-state index is 12.7. The van der Waals surface area contributed by atoms with Gasteiger partial charge in [0, 0.05) is 28.4 Å². The first-order chi connectivity index (χ1) is 9.72. The number of hydrogen-bond acceptors (Lipinski definition) is 3. The number of hydrogen-bond donors (Lipinski definition) is 2. The summed E-state index contributed by atoms with van der Waals surface area (Å²) < 4.78 is 5.25. The number of carbonyl (C=O) groups is 1. The van der Waals surface area contributed by atoms with Crippen molar-refractivity contribution >= 4 is 22.4 Å². The Morgan fingerprint density at radius 3 is 2.75 bits per heavy atom. The Morgan fingerprint density at radius 1 is 1.15 bits per heavy atom. The summed E-state index contributed by atoms with van der Waals surface area (Å²) in [4.78, 5) is 15.8. The number of fused-ring (bicyclic) bond motifs is 1. The molecule has 0 radical (unpaired) electrons. The highest BCUT2D eigenvalue weighted by Crippen LogP contribution is 2.29. The molecule has 0 aliphatic heterocycles. The van der Waals surface area contributed by atoms with Gasteiger partial charge in [-0.3, -0.25) is 4.79 Å². The van der Waals surface area contributed by atoms with Gasteiger partial charge >= 0.3 is 0 Å². The summed E-state index contributed by atoms with van der Waals surface area (Å²) >= 11 is 0. The molecule has 1 heterocycles. The smallest absolute Gasteiger partial charge is 0.200 e. The fourth-order valence-corrected chi connectivity index (χ4v) is 2.36. The first kappa shape index (κ1) is 12.3. The minimum Gasteiger partial charge on any atom is -0.496 e. The highest BCUT2D eigenvalue weighted by Gasteiger charge is 2.20. The number of nitrogens with two attached hydrogens (primary N) is 1. The zero-order valence-electron chi connectivity index (χ0n) is 11.0. The molecule has 0 atom stereocenters. The first-order valence-electron chi connectivity index (χ1n) is 6.25. The number of nitrogen functional groups attached to an aromatic ring is 1. The molecular formula is C16H14N2O2. The topological polar surface area (TPSA) is 68.1 Å². The fourth-order valence-electron chi connectivity index (χ4n) is 2.36. The minimum absolute atomic E-state index is 0.141. The Hall–Kier alpha value is -2.75. The number of ether oxygens (including phenoxy) is 1. The second kappa shape index (κ2) is 4.74. The summed E-state index contributed by atoms with van der Waals surface area (Å²) in [7, 11) is 1.53. The van der Waals surface area contributed by atoms with Crippen LogP contribution in [0.1, 0.15) is 15.9 Å². The number of nitrogens with one attached hydrogen (secondary N) is 1. The van der Waals surface area contributed by atoms with Crippen LogP contribution in [0.3, 0.4) is 0 Å². The predicted molar refractivity (Wildman–Crippen MR) is 79.1 cm³/mol. The molecule has 0 spiro atoms. The molecule has 0 unspecified atom stereocenters. The zero-order valence-corrected chi connectivity index (χ0v) is 11.0. The molecule has 0 bridgehead atoms. The molecule has 4 heteroatoms. The number of aromatic nitrogens is 1. The Morgan fingerprint density at radius 2 is 1.95 bits per heavy atom. The van der Waals surface area contributed by atoms with E-state index in [2.05, 4.69) is 4.98 Å². The maximum Gasteiger partial charge on any atom is 0.200 e. The molecule has 0 amide bonds. The largest absolute Gasteiger partial charge is 0.496 e. The first-order valence-corrected chi connectivity index (χ1v) is 6.25. The number of H-pyrrole nitrogens is 1. The van der Waals surface area contributed by atoms with Gasteiger partial charge in [-0.15, -0.1) is 0 Å². The predicted octanol–water partition coefficient (Wildman–Crippen LogP) is 2.99. The van der Waals surface area contributed by atoms with Crippen molar-refractivity contribution in [3.63, 3.8) is 0 Å². The molecule has 0 aliphatic rings. The average molecular weight is 266 g/mol. The Labute approximate surface area is 116 Å². The SMILES string of the molecule is COc1cccc(N)c1C(=O)c1c[nH]c2ccccc12. The third kappa shape index (κ3) is 1.82. The van der Waals surface area contributed by atoms with Crippen molar-refractivity contribution in [1.29, 1.82) is 0 Å². The van der Waals surface area contributed by atoms with E-state index in [1.165, 1.54) is 7.11 Å². The van der Waals surface area contributed by atoms with Crippen LogP contribution >= 0.6 is 0 Å². The van der Waals surface area contributed by atoms with Crippen molar-refractivity contribution < 1.29 is 9.53 Å².